The Bertz CT molecular complexity index is 310. The van der Waals surface area contributed by atoms with Crippen LogP contribution in [0.5, 0.6) is 0 Å². The monoisotopic (exact) mass is 300 g/mol. The van der Waals surface area contributed by atoms with Gasteiger partial charge in [-0.1, -0.05) is 0 Å². The van der Waals surface area contributed by atoms with Crippen LogP contribution in [-0.4, -0.2) is 72.3 Å². The van der Waals surface area contributed by atoms with Crippen LogP contribution in [0.1, 0.15) is 1.43 Å². The summed E-state index contributed by atoms with van der Waals surface area (Å²) >= 11 is 0. The Morgan fingerprint density at radius 2 is 1.61 bits per heavy atom. The van der Waals surface area contributed by atoms with E-state index in [-0.39, 0.29) is 31.0 Å². The van der Waals surface area contributed by atoms with Crippen molar-refractivity contribution < 1.29 is 80.2 Å². The van der Waals surface area contributed by atoms with Crippen molar-refractivity contribution in [1.29, 1.82) is 0 Å². The number of phosphoric acid groups is 1. The molecule has 12 heteroatoms. The van der Waals surface area contributed by atoms with Crippen molar-refractivity contribution in [2.75, 3.05) is 6.61 Å². The fraction of sp³-hybridized carbons (Fsp3) is 0.833. The topological polar surface area (TPSA) is 185 Å². The number of aliphatic hydroxyl groups excluding tert-OH is 5. The second-order valence-electron chi connectivity index (χ2n) is 3.08. The van der Waals surface area contributed by atoms with Gasteiger partial charge in [-0.05, 0) is 0 Å². The van der Waals surface area contributed by atoms with Crippen LogP contribution in [0.3, 0.4) is 0 Å². The van der Waals surface area contributed by atoms with Crippen LogP contribution in [0, 0.1) is 0 Å². The van der Waals surface area contributed by atoms with E-state index in [0.29, 0.717) is 0 Å². The Labute approximate surface area is 125 Å². The largest absolute Gasteiger partial charge is 1.00 e. The van der Waals surface area contributed by atoms with Gasteiger partial charge in [0.2, 0.25) is 0 Å². The van der Waals surface area contributed by atoms with Crippen molar-refractivity contribution in [3.8, 4) is 0 Å². The van der Waals surface area contributed by atoms with Crippen molar-refractivity contribution in [1.82, 2.24) is 0 Å². The summed E-state index contributed by atoms with van der Waals surface area (Å²) in [4.78, 5) is 27.3. The summed E-state index contributed by atoms with van der Waals surface area (Å²) in [5, 5.41) is 44.6. The molecule has 0 unspecified atom stereocenters. The van der Waals surface area contributed by atoms with E-state index in [2.05, 4.69) is 4.52 Å². The zero-order valence-electron chi connectivity index (χ0n) is 10.3. The molecule has 0 aliphatic carbocycles. The summed E-state index contributed by atoms with van der Waals surface area (Å²) in [5.41, 5.74) is 0. The molecule has 0 saturated heterocycles. The molecule has 0 rings (SSSR count). The van der Waals surface area contributed by atoms with Crippen LogP contribution >= 0.6 is 7.82 Å². The van der Waals surface area contributed by atoms with E-state index in [9.17, 15) is 9.36 Å². The summed E-state index contributed by atoms with van der Waals surface area (Å²) < 4.78 is 13.7. The predicted molar refractivity (Wildman–Crippen MR) is 50.4 cm³/mol. The number of aliphatic hydroxyl groups is 5. The van der Waals surface area contributed by atoms with E-state index in [1.165, 1.54) is 0 Å². The van der Waals surface area contributed by atoms with Gasteiger partial charge in [-0.3, -0.25) is 9.79 Å². The molecule has 0 heterocycles. The van der Waals surface area contributed by atoms with Gasteiger partial charge in [-0.15, -0.1) is 0 Å². The molecule has 10 nitrogen and oxygen atoms in total. The van der Waals surface area contributed by atoms with Crippen LogP contribution in [0.25, 0.3) is 0 Å². The fourth-order valence-electron chi connectivity index (χ4n) is 0.833. The van der Waals surface area contributed by atoms with Crippen LogP contribution in [0.4, 0.5) is 0 Å². The first kappa shape index (κ1) is 20.7. The third-order valence-electron chi connectivity index (χ3n) is 1.71. The van der Waals surface area contributed by atoms with Crippen molar-refractivity contribution in [2.45, 2.75) is 24.4 Å². The molecule has 0 aliphatic heterocycles. The maximum atomic E-state index is 10.8. The third kappa shape index (κ3) is 7.12. The Balaban J connectivity index is -0.00000128. The van der Waals surface area contributed by atoms with Gasteiger partial charge in [0.05, 0.1) is 6.61 Å². The second-order valence-corrected chi connectivity index (χ2v) is 4.24. The van der Waals surface area contributed by atoms with Crippen LogP contribution in [0.15, 0.2) is 0 Å². The summed E-state index contributed by atoms with van der Waals surface area (Å²) in [6, 6.07) is 0. The summed E-state index contributed by atoms with van der Waals surface area (Å²) in [6.45, 7) is -0.960. The van der Waals surface area contributed by atoms with E-state index >= 15 is 0 Å². The maximum Gasteiger partial charge on any atom is 1.00 e. The van der Waals surface area contributed by atoms with Gasteiger partial charge in [-0.25, -0.2) is 9.36 Å². The van der Waals surface area contributed by atoms with Gasteiger partial charge in [-0.2, -0.15) is 0 Å². The molecule has 104 valence electrons. The minimum absolute atomic E-state index is 0. The molecule has 0 spiro atoms. The summed E-state index contributed by atoms with van der Waals surface area (Å²) in [5.74, 6) is -1.88. The molecule has 7 N–H and O–H groups in total. The molecule has 18 heavy (non-hydrogen) atoms. The Hall–Kier alpha value is 0.420. The standard InChI is InChI=1S/C6H13O10P.Na.H/c7-1-2(8)3(9)4(10)5(11)6(12)16-17(13,14)15;;/h2-5,7-11H,1H2,(H2,13,14,15);;/q;+1;-1/t2-,3-,4+,5-;;/m1../s1. The molecule has 0 radical (unpaired) electrons. The number of rotatable bonds is 6. The first-order valence-corrected chi connectivity index (χ1v) is 5.75. The SMILES string of the molecule is O=C(OP(=O)(O)O)[C@H](O)[C@@H](O)[C@H](O)[C@H](O)CO.[H-].[Na+]. The number of phosphoric ester groups is 1. The summed E-state index contributed by atoms with van der Waals surface area (Å²) in [6.07, 6.45) is -8.71. The van der Waals surface area contributed by atoms with Gasteiger partial charge in [0.25, 0.3) is 0 Å². The first-order valence-electron chi connectivity index (χ1n) is 4.22. The third-order valence-corrected chi connectivity index (χ3v) is 2.12. The smallest absolute Gasteiger partial charge is 1.00 e. The maximum absolute atomic E-state index is 10.8. The number of hydrogen-bond donors (Lipinski definition) is 7. The molecule has 0 fully saturated rings. The van der Waals surface area contributed by atoms with Crippen molar-refractivity contribution in [3.63, 3.8) is 0 Å². The fourth-order valence-corrected chi connectivity index (χ4v) is 1.18. The van der Waals surface area contributed by atoms with E-state index in [4.69, 9.17) is 35.3 Å². The number of hydrogen-bond acceptors (Lipinski definition) is 8. The molecule has 0 aromatic heterocycles. The van der Waals surface area contributed by atoms with Gasteiger partial charge in [0.15, 0.2) is 6.10 Å². The van der Waals surface area contributed by atoms with Crippen molar-refractivity contribution >= 4 is 13.8 Å². The zero-order chi connectivity index (χ0) is 13.8. The van der Waals surface area contributed by atoms with E-state index in [1.807, 2.05) is 0 Å². The van der Waals surface area contributed by atoms with Crippen molar-refractivity contribution in [2.24, 2.45) is 0 Å². The molecule has 4 atom stereocenters. The Kier molecular flexibility index (Phi) is 9.86. The second kappa shape index (κ2) is 8.56. The molecular formula is C6H14NaO10P. The van der Waals surface area contributed by atoms with Gasteiger partial charge in [0.1, 0.15) is 18.3 Å². The van der Waals surface area contributed by atoms with Crippen molar-refractivity contribution in [3.05, 3.63) is 0 Å². The minimum Gasteiger partial charge on any atom is -1.00 e. The zero-order valence-corrected chi connectivity index (χ0v) is 12.2. The van der Waals surface area contributed by atoms with Gasteiger partial charge >= 0.3 is 43.3 Å². The summed E-state index contributed by atoms with van der Waals surface area (Å²) in [7, 11) is -5.19. The molecular weight excluding hydrogens is 286 g/mol. The van der Waals surface area contributed by atoms with E-state index in [0.717, 1.165) is 0 Å². The molecule has 0 amide bonds. The van der Waals surface area contributed by atoms with Gasteiger partial charge in [0, 0.05) is 0 Å². The molecule has 0 saturated carbocycles. The van der Waals surface area contributed by atoms with E-state index in [1.54, 1.807) is 0 Å². The normalized spacial score (nSPS) is 18.2. The van der Waals surface area contributed by atoms with Crippen LogP contribution in [-0.2, 0) is 13.9 Å². The predicted octanol–water partition coefficient (Wildman–Crippen LogP) is -6.83. The quantitative estimate of drug-likeness (QED) is 0.183. The molecule has 0 bridgehead atoms. The van der Waals surface area contributed by atoms with Crippen LogP contribution in [0.2, 0.25) is 0 Å². The number of carbonyl (C=O) groups is 1. The Morgan fingerprint density at radius 3 is 1.94 bits per heavy atom. The minimum atomic E-state index is -5.19. The Morgan fingerprint density at radius 1 is 1.17 bits per heavy atom. The number of carbonyl (C=O) groups excluding carboxylic acids is 1. The van der Waals surface area contributed by atoms with Crippen LogP contribution < -0.4 is 29.6 Å². The average Bonchev–Trinajstić information content (AvgIpc) is 2.22. The van der Waals surface area contributed by atoms with E-state index < -0.39 is 44.8 Å². The molecule has 0 aromatic carbocycles. The first-order chi connectivity index (χ1) is 7.60. The molecule has 0 aliphatic rings. The van der Waals surface area contributed by atoms with Gasteiger partial charge < -0.3 is 31.5 Å². The average molecular weight is 300 g/mol. The molecule has 0 aromatic rings.